The first-order valence-electron chi connectivity index (χ1n) is 4.33. The van der Waals surface area contributed by atoms with Crippen molar-refractivity contribution in [2.24, 2.45) is 10.9 Å². The predicted octanol–water partition coefficient (Wildman–Crippen LogP) is -0.940. The lowest BCUT2D eigenvalue weighted by Gasteiger charge is -2.13. The zero-order chi connectivity index (χ0) is 11.3. The normalized spacial score (nSPS) is 13.5. The summed E-state index contributed by atoms with van der Waals surface area (Å²) in [6, 6.07) is -0.515. The number of hydrogen-bond donors (Lipinski definition) is 4. The molecule has 82 valence electrons. The lowest BCUT2D eigenvalue weighted by molar-refractivity contribution is 0.0940. The third-order valence-electron chi connectivity index (χ3n) is 1.83. The van der Waals surface area contributed by atoms with Crippen molar-refractivity contribution in [1.29, 1.82) is 0 Å². The summed E-state index contributed by atoms with van der Waals surface area (Å²) >= 11 is 0. The van der Waals surface area contributed by atoms with Gasteiger partial charge in [-0.25, -0.2) is 0 Å². The highest BCUT2D eigenvalue weighted by molar-refractivity contribution is 5.96. The van der Waals surface area contributed by atoms with Crippen LogP contribution in [0.2, 0.25) is 0 Å². The maximum Gasteiger partial charge on any atom is 0.274 e. The third-order valence-corrected chi connectivity index (χ3v) is 1.83. The minimum atomic E-state index is -0.515. The van der Waals surface area contributed by atoms with E-state index in [1.807, 2.05) is 0 Å². The first-order chi connectivity index (χ1) is 7.19. The van der Waals surface area contributed by atoms with Gasteiger partial charge in [-0.05, 0) is 6.42 Å². The molecule has 15 heavy (non-hydrogen) atoms. The molecule has 1 amide bonds. The smallest absolute Gasteiger partial charge is 0.274 e. The number of oxime groups is 1. The standard InChI is InChI=1S/C7H12N6O2/c1-2-4(6(8)12-15)10-7(14)5-3-9-13-11-5/h3-4,15H,2H2,1H3,(H2,8,12)(H,10,14)(H,9,11,13). The highest BCUT2D eigenvalue weighted by Crippen LogP contribution is 1.95. The van der Waals surface area contributed by atoms with E-state index in [4.69, 9.17) is 10.9 Å². The molecule has 1 atom stereocenters. The fraction of sp³-hybridized carbons (Fsp3) is 0.429. The van der Waals surface area contributed by atoms with Crippen LogP contribution >= 0.6 is 0 Å². The van der Waals surface area contributed by atoms with Crippen LogP contribution in [0.25, 0.3) is 0 Å². The van der Waals surface area contributed by atoms with E-state index >= 15 is 0 Å². The summed E-state index contributed by atoms with van der Waals surface area (Å²) in [6.45, 7) is 1.80. The van der Waals surface area contributed by atoms with Gasteiger partial charge in [0, 0.05) is 0 Å². The Morgan fingerprint density at radius 2 is 2.60 bits per heavy atom. The number of hydrogen-bond acceptors (Lipinski definition) is 5. The number of aromatic amines is 1. The van der Waals surface area contributed by atoms with Crippen molar-refractivity contribution in [3.05, 3.63) is 11.9 Å². The molecular weight excluding hydrogens is 200 g/mol. The number of amidine groups is 1. The second kappa shape index (κ2) is 4.94. The van der Waals surface area contributed by atoms with Crippen LogP contribution in [-0.2, 0) is 0 Å². The molecule has 1 heterocycles. The van der Waals surface area contributed by atoms with Crippen LogP contribution in [0.3, 0.4) is 0 Å². The number of nitrogens with zero attached hydrogens (tertiary/aromatic N) is 3. The zero-order valence-electron chi connectivity index (χ0n) is 8.14. The Balaban J connectivity index is 2.64. The molecule has 0 radical (unpaired) electrons. The molecule has 8 nitrogen and oxygen atoms in total. The lowest BCUT2D eigenvalue weighted by Crippen LogP contribution is -2.44. The van der Waals surface area contributed by atoms with Gasteiger partial charge in [-0.3, -0.25) is 4.79 Å². The SMILES string of the molecule is CCC(NC(=O)c1cn[nH]n1)C(N)=NO. The summed E-state index contributed by atoms with van der Waals surface area (Å²) < 4.78 is 0. The van der Waals surface area contributed by atoms with Gasteiger partial charge in [0.15, 0.2) is 11.5 Å². The Kier molecular flexibility index (Phi) is 3.61. The highest BCUT2D eigenvalue weighted by atomic mass is 16.4. The monoisotopic (exact) mass is 212 g/mol. The van der Waals surface area contributed by atoms with Crippen molar-refractivity contribution in [1.82, 2.24) is 20.7 Å². The van der Waals surface area contributed by atoms with Gasteiger partial charge in [-0.1, -0.05) is 12.1 Å². The molecular formula is C7H12N6O2. The summed E-state index contributed by atoms with van der Waals surface area (Å²) in [6.07, 6.45) is 1.80. The molecule has 0 aromatic carbocycles. The number of rotatable bonds is 4. The third kappa shape index (κ3) is 2.66. The molecule has 5 N–H and O–H groups in total. The van der Waals surface area contributed by atoms with Gasteiger partial charge in [0.1, 0.15) is 0 Å². The average molecular weight is 212 g/mol. The van der Waals surface area contributed by atoms with Crippen LogP contribution in [0.1, 0.15) is 23.8 Å². The van der Waals surface area contributed by atoms with E-state index in [1.54, 1.807) is 6.92 Å². The van der Waals surface area contributed by atoms with E-state index < -0.39 is 11.9 Å². The van der Waals surface area contributed by atoms with E-state index in [9.17, 15) is 4.79 Å². The van der Waals surface area contributed by atoms with Crippen LogP contribution in [0, 0.1) is 0 Å². The number of nitrogens with one attached hydrogen (secondary N) is 2. The van der Waals surface area contributed by atoms with Crippen LogP contribution in [0.15, 0.2) is 11.4 Å². The van der Waals surface area contributed by atoms with Gasteiger partial charge in [-0.2, -0.15) is 15.4 Å². The maximum atomic E-state index is 11.5. The summed E-state index contributed by atoms with van der Waals surface area (Å²) in [7, 11) is 0. The average Bonchev–Trinajstić information content (AvgIpc) is 2.77. The fourth-order valence-electron chi connectivity index (χ4n) is 0.998. The number of nitrogens with two attached hydrogens (primary N) is 1. The van der Waals surface area contributed by atoms with Crippen molar-refractivity contribution in [2.45, 2.75) is 19.4 Å². The Morgan fingerprint density at radius 3 is 3.07 bits per heavy atom. The molecule has 1 rings (SSSR count). The van der Waals surface area contributed by atoms with Gasteiger partial charge in [0.05, 0.1) is 12.2 Å². The van der Waals surface area contributed by atoms with Crippen molar-refractivity contribution in [2.75, 3.05) is 0 Å². The van der Waals surface area contributed by atoms with Gasteiger partial charge in [0.2, 0.25) is 0 Å². The van der Waals surface area contributed by atoms with Crippen molar-refractivity contribution >= 4 is 11.7 Å². The Hall–Kier alpha value is -2.12. The molecule has 1 aromatic heterocycles. The minimum absolute atomic E-state index is 0.0469. The number of amides is 1. The quantitative estimate of drug-likeness (QED) is 0.221. The molecule has 1 unspecified atom stereocenters. The van der Waals surface area contributed by atoms with Crippen LogP contribution < -0.4 is 11.1 Å². The zero-order valence-corrected chi connectivity index (χ0v) is 8.14. The first kappa shape index (κ1) is 11.0. The molecule has 0 aliphatic rings. The first-order valence-corrected chi connectivity index (χ1v) is 4.33. The summed E-state index contributed by atoms with van der Waals surface area (Å²) in [5.74, 6) is -0.475. The number of aromatic nitrogens is 3. The molecule has 0 fully saturated rings. The predicted molar refractivity (Wildman–Crippen MR) is 51.3 cm³/mol. The van der Waals surface area contributed by atoms with Crippen molar-refractivity contribution in [3.63, 3.8) is 0 Å². The van der Waals surface area contributed by atoms with Gasteiger partial charge in [-0.15, -0.1) is 0 Å². The molecule has 0 spiro atoms. The molecule has 0 aliphatic carbocycles. The molecule has 0 bridgehead atoms. The number of H-pyrrole nitrogens is 1. The minimum Gasteiger partial charge on any atom is -0.409 e. The lowest BCUT2D eigenvalue weighted by atomic mass is 10.2. The fourth-order valence-corrected chi connectivity index (χ4v) is 0.998. The van der Waals surface area contributed by atoms with Gasteiger partial charge < -0.3 is 16.3 Å². The summed E-state index contributed by atoms with van der Waals surface area (Å²) in [5, 5.41) is 23.2. The highest BCUT2D eigenvalue weighted by Gasteiger charge is 2.17. The van der Waals surface area contributed by atoms with Gasteiger partial charge >= 0.3 is 0 Å². The topological polar surface area (TPSA) is 129 Å². The van der Waals surface area contributed by atoms with E-state index in [0.29, 0.717) is 6.42 Å². The van der Waals surface area contributed by atoms with Crippen molar-refractivity contribution < 1.29 is 10.0 Å². The van der Waals surface area contributed by atoms with Crippen LogP contribution in [-0.4, -0.2) is 38.4 Å². The van der Waals surface area contributed by atoms with Gasteiger partial charge in [0.25, 0.3) is 5.91 Å². The molecule has 0 aliphatic heterocycles. The Bertz CT molecular complexity index is 346. The second-order valence-corrected chi connectivity index (χ2v) is 2.81. The molecule has 0 saturated heterocycles. The second-order valence-electron chi connectivity index (χ2n) is 2.81. The van der Waals surface area contributed by atoms with E-state index in [1.165, 1.54) is 6.20 Å². The Morgan fingerprint density at radius 1 is 1.87 bits per heavy atom. The largest absolute Gasteiger partial charge is 0.409 e. The molecule has 8 heteroatoms. The Labute approximate surface area is 85.5 Å². The van der Waals surface area contributed by atoms with Crippen LogP contribution in [0.5, 0.6) is 0 Å². The number of carbonyl (C=O) groups is 1. The van der Waals surface area contributed by atoms with Crippen LogP contribution in [0.4, 0.5) is 0 Å². The van der Waals surface area contributed by atoms with E-state index in [2.05, 4.69) is 25.9 Å². The van der Waals surface area contributed by atoms with E-state index in [0.717, 1.165) is 0 Å². The molecule has 1 aromatic rings. The summed E-state index contributed by atoms with van der Waals surface area (Å²) in [5.41, 5.74) is 5.52. The van der Waals surface area contributed by atoms with E-state index in [-0.39, 0.29) is 11.5 Å². The number of carbonyl (C=O) groups excluding carboxylic acids is 1. The maximum absolute atomic E-state index is 11.5. The molecule has 0 saturated carbocycles. The summed E-state index contributed by atoms with van der Waals surface area (Å²) in [4.78, 5) is 11.5. The van der Waals surface area contributed by atoms with Crippen molar-refractivity contribution in [3.8, 4) is 0 Å².